The number of hydrogen-bond acceptors (Lipinski definition) is 4. The van der Waals surface area contributed by atoms with Gasteiger partial charge in [0.25, 0.3) is 0 Å². The Kier molecular flexibility index (Phi) is 4.93. The molecule has 0 radical (unpaired) electrons. The third kappa shape index (κ3) is 3.94. The summed E-state index contributed by atoms with van der Waals surface area (Å²) in [4.78, 5) is 26.6. The van der Waals surface area contributed by atoms with Gasteiger partial charge >= 0.3 is 5.97 Å². The molecule has 22 heavy (non-hydrogen) atoms. The molecule has 0 aliphatic rings. The molecule has 1 atom stereocenters. The van der Waals surface area contributed by atoms with E-state index in [9.17, 15) is 9.59 Å². The number of carbonyl (C=O) groups excluding carboxylic acids is 1. The van der Waals surface area contributed by atoms with Crippen molar-refractivity contribution in [3.05, 3.63) is 41.9 Å². The first-order valence-electron chi connectivity index (χ1n) is 7.01. The minimum atomic E-state index is -1.06. The maximum atomic E-state index is 11.6. The third-order valence-electron chi connectivity index (χ3n) is 3.19. The Hall–Kier alpha value is -2.63. The molecular weight excluding hydrogens is 284 g/mol. The molecule has 6 nitrogen and oxygen atoms in total. The van der Waals surface area contributed by atoms with E-state index in [0.29, 0.717) is 18.1 Å². The Labute approximate surface area is 128 Å². The van der Waals surface area contributed by atoms with Crippen LogP contribution in [0.2, 0.25) is 0 Å². The van der Waals surface area contributed by atoms with E-state index in [2.05, 4.69) is 10.3 Å². The molecule has 0 unspecified atom stereocenters. The minimum absolute atomic E-state index is 0.131. The van der Waals surface area contributed by atoms with Crippen LogP contribution in [0.4, 0.5) is 0 Å². The highest BCUT2D eigenvalue weighted by Crippen LogP contribution is 2.24. The fraction of sp³-hybridized carbons (Fsp3) is 0.312. The van der Waals surface area contributed by atoms with Crippen LogP contribution >= 0.6 is 0 Å². The molecular formula is C16H18N2O4. The van der Waals surface area contributed by atoms with Crippen LogP contribution in [-0.4, -0.2) is 28.0 Å². The zero-order valence-electron chi connectivity index (χ0n) is 12.5. The topological polar surface area (TPSA) is 92.4 Å². The van der Waals surface area contributed by atoms with E-state index in [1.54, 1.807) is 0 Å². The Bertz CT molecular complexity index is 664. The lowest BCUT2D eigenvalue weighted by Crippen LogP contribution is -2.38. The van der Waals surface area contributed by atoms with Crippen molar-refractivity contribution in [3.8, 4) is 11.3 Å². The van der Waals surface area contributed by atoms with Gasteiger partial charge in [0.1, 0.15) is 6.04 Å². The molecule has 0 saturated carbocycles. The molecule has 6 heteroatoms. The number of aryl methyl sites for hydroxylation is 2. The van der Waals surface area contributed by atoms with E-state index in [4.69, 9.17) is 9.52 Å². The van der Waals surface area contributed by atoms with Crippen molar-refractivity contribution < 1.29 is 19.1 Å². The SMILES string of the molecule is Cc1nc(CCC(=O)N[C@@H](C)C(=O)O)oc1-c1ccccc1. The summed E-state index contributed by atoms with van der Waals surface area (Å²) in [5.74, 6) is -0.247. The molecule has 1 aromatic heterocycles. The Balaban J connectivity index is 1.97. The molecule has 2 rings (SSSR count). The number of aliphatic carboxylic acids is 1. The van der Waals surface area contributed by atoms with Gasteiger partial charge in [-0.3, -0.25) is 9.59 Å². The first kappa shape index (κ1) is 15.8. The first-order chi connectivity index (χ1) is 10.5. The molecule has 0 aliphatic heterocycles. The van der Waals surface area contributed by atoms with Crippen molar-refractivity contribution in [3.63, 3.8) is 0 Å². The maximum absolute atomic E-state index is 11.6. The molecule has 1 aromatic carbocycles. The van der Waals surface area contributed by atoms with Crippen LogP contribution in [0.5, 0.6) is 0 Å². The van der Waals surface area contributed by atoms with Gasteiger partial charge in [-0.2, -0.15) is 0 Å². The lowest BCUT2D eigenvalue weighted by molar-refractivity contribution is -0.141. The van der Waals surface area contributed by atoms with Crippen molar-refractivity contribution in [2.75, 3.05) is 0 Å². The summed E-state index contributed by atoms with van der Waals surface area (Å²) in [6, 6.07) is 8.70. The highest BCUT2D eigenvalue weighted by atomic mass is 16.4. The van der Waals surface area contributed by atoms with Gasteiger partial charge in [0.2, 0.25) is 5.91 Å². The number of carbonyl (C=O) groups is 2. The summed E-state index contributed by atoms with van der Waals surface area (Å²) in [7, 11) is 0. The predicted octanol–water partition coefficient (Wildman–Crippen LogP) is 2.17. The summed E-state index contributed by atoms with van der Waals surface area (Å²) in [5, 5.41) is 11.1. The van der Waals surface area contributed by atoms with Crippen LogP contribution < -0.4 is 5.32 Å². The summed E-state index contributed by atoms with van der Waals surface area (Å²) in [5.41, 5.74) is 1.70. The third-order valence-corrected chi connectivity index (χ3v) is 3.19. The van der Waals surface area contributed by atoms with Crippen LogP contribution in [-0.2, 0) is 16.0 Å². The number of benzene rings is 1. The zero-order valence-corrected chi connectivity index (χ0v) is 12.5. The van der Waals surface area contributed by atoms with Crippen LogP contribution in [0.3, 0.4) is 0 Å². The molecule has 116 valence electrons. The number of rotatable bonds is 6. The van der Waals surface area contributed by atoms with Gasteiger partial charge in [0.05, 0.1) is 5.69 Å². The molecule has 2 aromatic rings. The monoisotopic (exact) mass is 302 g/mol. The number of nitrogens with one attached hydrogen (secondary N) is 1. The summed E-state index contributed by atoms with van der Waals surface area (Å²) >= 11 is 0. The Morgan fingerprint density at radius 3 is 2.64 bits per heavy atom. The average Bonchev–Trinajstić information content (AvgIpc) is 2.87. The highest BCUT2D eigenvalue weighted by molar-refractivity contribution is 5.83. The molecule has 0 bridgehead atoms. The quantitative estimate of drug-likeness (QED) is 0.853. The van der Waals surface area contributed by atoms with E-state index in [1.807, 2.05) is 37.3 Å². The fourth-order valence-corrected chi connectivity index (χ4v) is 2.01. The molecule has 1 heterocycles. The summed E-state index contributed by atoms with van der Waals surface area (Å²) < 4.78 is 5.70. The smallest absolute Gasteiger partial charge is 0.325 e. The van der Waals surface area contributed by atoms with Crippen molar-refractivity contribution in [1.29, 1.82) is 0 Å². The molecule has 1 amide bonds. The normalized spacial score (nSPS) is 11.9. The second-order valence-corrected chi connectivity index (χ2v) is 5.02. The number of aromatic nitrogens is 1. The number of carboxylic acid groups (broad SMARTS) is 1. The van der Waals surface area contributed by atoms with Crippen LogP contribution in [0, 0.1) is 6.92 Å². The molecule has 0 aliphatic carbocycles. The van der Waals surface area contributed by atoms with Gasteiger partial charge in [-0.1, -0.05) is 30.3 Å². The van der Waals surface area contributed by atoms with E-state index in [-0.39, 0.29) is 12.3 Å². The average molecular weight is 302 g/mol. The molecule has 0 fully saturated rings. The highest BCUT2D eigenvalue weighted by Gasteiger charge is 2.16. The second-order valence-electron chi connectivity index (χ2n) is 5.02. The number of nitrogens with zero attached hydrogens (tertiary/aromatic N) is 1. The van der Waals surface area contributed by atoms with Gasteiger partial charge < -0.3 is 14.8 Å². The zero-order chi connectivity index (χ0) is 16.1. The van der Waals surface area contributed by atoms with Crippen LogP contribution in [0.15, 0.2) is 34.7 Å². The van der Waals surface area contributed by atoms with E-state index >= 15 is 0 Å². The Morgan fingerprint density at radius 2 is 2.00 bits per heavy atom. The maximum Gasteiger partial charge on any atom is 0.325 e. The van der Waals surface area contributed by atoms with Gasteiger partial charge in [-0.25, -0.2) is 4.98 Å². The standard InChI is InChI=1S/C16H18N2O4/c1-10-15(12-6-4-3-5-7-12)22-14(18-10)9-8-13(19)17-11(2)16(20)21/h3-7,11H,8-9H2,1-2H3,(H,17,19)(H,20,21)/t11-/m0/s1. The van der Waals surface area contributed by atoms with Crippen molar-refractivity contribution in [2.45, 2.75) is 32.7 Å². The summed E-state index contributed by atoms with van der Waals surface area (Å²) in [6.07, 6.45) is 0.456. The minimum Gasteiger partial charge on any atom is -0.480 e. The Morgan fingerprint density at radius 1 is 1.32 bits per heavy atom. The predicted molar refractivity (Wildman–Crippen MR) is 80.2 cm³/mol. The lowest BCUT2D eigenvalue weighted by atomic mass is 10.1. The number of hydrogen-bond donors (Lipinski definition) is 2. The summed E-state index contributed by atoms with van der Waals surface area (Å²) in [6.45, 7) is 3.27. The van der Waals surface area contributed by atoms with Crippen molar-refractivity contribution >= 4 is 11.9 Å². The molecule has 0 saturated heterocycles. The number of amides is 1. The number of oxazole rings is 1. The first-order valence-corrected chi connectivity index (χ1v) is 7.01. The van der Waals surface area contributed by atoms with Gasteiger partial charge in [-0.15, -0.1) is 0 Å². The van der Waals surface area contributed by atoms with Crippen LogP contribution in [0.25, 0.3) is 11.3 Å². The van der Waals surface area contributed by atoms with Crippen LogP contribution in [0.1, 0.15) is 24.9 Å². The second kappa shape index (κ2) is 6.89. The fourth-order valence-electron chi connectivity index (χ4n) is 2.01. The van der Waals surface area contributed by atoms with Gasteiger partial charge in [-0.05, 0) is 13.8 Å². The molecule has 0 spiro atoms. The van der Waals surface area contributed by atoms with Gasteiger partial charge in [0, 0.05) is 18.4 Å². The van der Waals surface area contributed by atoms with Gasteiger partial charge in [0.15, 0.2) is 11.7 Å². The van der Waals surface area contributed by atoms with E-state index in [1.165, 1.54) is 6.92 Å². The lowest BCUT2D eigenvalue weighted by Gasteiger charge is -2.07. The van der Waals surface area contributed by atoms with E-state index in [0.717, 1.165) is 11.3 Å². The van der Waals surface area contributed by atoms with E-state index < -0.39 is 12.0 Å². The van der Waals surface area contributed by atoms with Crippen molar-refractivity contribution in [2.24, 2.45) is 0 Å². The van der Waals surface area contributed by atoms with Crippen molar-refractivity contribution in [1.82, 2.24) is 10.3 Å². The molecule has 2 N–H and O–H groups in total. The number of carboxylic acids is 1. The largest absolute Gasteiger partial charge is 0.480 e.